The molecule has 0 radical (unpaired) electrons. The highest BCUT2D eigenvalue weighted by Gasteiger charge is 2.06. The van der Waals surface area contributed by atoms with E-state index in [0.29, 0.717) is 12.1 Å². The normalized spacial score (nSPS) is 11.3. The predicted octanol–water partition coefficient (Wildman–Crippen LogP) is 0.479. The van der Waals surface area contributed by atoms with Crippen molar-refractivity contribution in [2.24, 2.45) is 0 Å². The van der Waals surface area contributed by atoms with E-state index in [9.17, 15) is 8.42 Å². The van der Waals surface area contributed by atoms with Crippen LogP contribution in [0.3, 0.4) is 0 Å². The monoisotopic (exact) mass is 231 g/mol. The molecule has 0 saturated heterocycles. The van der Waals surface area contributed by atoms with Gasteiger partial charge in [-0.2, -0.15) is 8.42 Å². The van der Waals surface area contributed by atoms with E-state index in [1.54, 1.807) is 24.3 Å². The second kappa shape index (κ2) is 5.11. The molecule has 0 aliphatic rings. The smallest absolute Gasteiger partial charge is 0.283 e. The molecule has 0 aromatic heterocycles. The Kier molecular flexibility index (Phi) is 4.07. The Morgan fingerprint density at radius 3 is 2.53 bits per heavy atom. The van der Waals surface area contributed by atoms with Crippen LogP contribution in [0, 0.1) is 0 Å². The van der Waals surface area contributed by atoms with Gasteiger partial charge in [-0.15, -0.1) is 0 Å². The first-order valence-corrected chi connectivity index (χ1v) is 6.01. The quantitative estimate of drug-likeness (QED) is 0.642. The molecule has 0 heterocycles. The van der Waals surface area contributed by atoms with E-state index in [0.717, 1.165) is 5.56 Å². The van der Waals surface area contributed by atoms with Crippen LogP contribution >= 0.6 is 0 Å². The molecule has 6 heteroatoms. The van der Waals surface area contributed by atoms with Gasteiger partial charge in [-0.05, 0) is 18.1 Å². The van der Waals surface area contributed by atoms with Crippen molar-refractivity contribution in [3.63, 3.8) is 0 Å². The van der Waals surface area contributed by atoms with E-state index in [1.807, 2.05) is 0 Å². The van der Waals surface area contributed by atoms with E-state index in [-0.39, 0.29) is 6.61 Å². The van der Waals surface area contributed by atoms with Gasteiger partial charge in [0.1, 0.15) is 5.88 Å². The van der Waals surface area contributed by atoms with E-state index in [2.05, 4.69) is 5.32 Å². The Morgan fingerprint density at radius 2 is 1.93 bits per heavy atom. The third-order valence-electron chi connectivity index (χ3n) is 1.84. The van der Waals surface area contributed by atoms with E-state index in [4.69, 9.17) is 9.66 Å². The molecule has 0 spiro atoms. The zero-order valence-electron chi connectivity index (χ0n) is 8.05. The van der Waals surface area contributed by atoms with Gasteiger partial charge in [0.25, 0.3) is 10.1 Å². The molecule has 3 N–H and O–H groups in total. The van der Waals surface area contributed by atoms with Crippen molar-refractivity contribution < 1.29 is 18.1 Å². The van der Waals surface area contributed by atoms with Crippen LogP contribution in [0.2, 0.25) is 0 Å². The highest BCUT2D eigenvalue weighted by molar-refractivity contribution is 7.85. The number of hydrogen-bond acceptors (Lipinski definition) is 4. The second-order valence-corrected chi connectivity index (χ2v) is 4.49. The zero-order chi connectivity index (χ0) is 11.3. The standard InChI is InChI=1S/C9H13NO4S/c11-6-5-8-3-1-2-4-9(8)10-7-15(12,13)14/h1-4,10-11H,5-7H2,(H,12,13,14). The molecule has 0 atom stereocenters. The van der Waals surface area contributed by atoms with Crippen LogP contribution in [0.25, 0.3) is 0 Å². The maximum atomic E-state index is 10.5. The first-order chi connectivity index (χ1) is 7.03. The summed E-state index contributed by atoms with van der Waals surface area (Å²) in [4.78, 5) is 0. The SMILES string of the molecule is O=S(=O)(O)CNc1ccccc1CCO. The first-order valence-electron chi connectivity index (χ1n) is 4.41. The lowest BCUT2D eigenvalue weighted by atomic mass is 10.1. The van der Waals surface area contributed by atoms with Crippen LogP contribution in [0.4, 0.5) is 5.69 Å². The summed E-state index contributed by atoms with van der Waals surface area (Å²) >= 11 is 0. The minimum absolute atomic E-state index is 0.00936. The van der Waals surface area contributed by atoms with E-state index in [1.165, 1.54) is 0 Å². The number of hydrogen-bond donors (Lipinski definition) is 3. The molecule has 0 aliphatic heterocycles. The van der Waals surface area contributed by atoms with E-state index < -0.39 is 16.0 Å². The summed E-state index contributed by atoms with van der Waals surface area (Å²) in [6, 6.07) is 7.01. The molecular weight excluding hydrogens is 218 g/mol. The number of aliphatic hydroxyl groups is 1. The van der Waals surface area contributed by atoms with Gasteiger partial charge in [-0.25, -0.2) is 0 Å². The largest absolute Gasteiger partial charge is 0.396 e. The number of para-hydroxylation sites is 1. The summed E-state index contributed by atoms with van der Waals surface area (Å²) in [7, 11) is -4.03. The first kappa shape index (κ1) is 12.0. The number of benzene rings is 1. The number of rotatable bonds is 5. The van der Waals surface area contributed by atoms with Crippen LogP contribution in [-0.4, -0.2) is 30.6 Å². The Balaban J connectivity index is 2.75. The summed E-state index contributed by atoms with van der Waals surface area (Å²) in [5.41, 5.74) is 1.41. The molecule has 0 unspecified atom stereocenters. The van der Waals surface area contributed by atoms with Gasteiger partial charge in [-0.3, -0.25) is 4.55 Å². The summed E-state index contributed by atoms with van der Waals surface area (Å²) in [5.74, 6) is -0.532. The van der Waals surface area contributed by atoms with Gasteiger partial charge in [0.15, 0.2) is 0 Å². The Morgan fingerprint density at radius 1 is 1.27 bits per heavy atom. The van der Waals surface area contributed by atoms with Crippen molar-refractivity contribution >= 4 is 15.8 Å². The molecule has 15 heavy (non-hydrogen) atoms. The summed E-state index contributed by atoms with van der Waals surface area (Å²) in [6.45, 7) is -0.00936. The summed E-state index contributed by atoms with van der Waals surface area (Å²) in [6.07, 6.45) is 0.439. The highest BCUT2D eigenvalue weighted by atomic mass is 32.2. The molecule has 5 nitrogen and oxygen atoms in total. The maximum Gasteiger partial charge on any atom is 0.283 e. The molecule has 0 saturated carbocycles. The van der Waals surface area contributed by atoms with Gasteiger partial charge in [0.2, 0.25) is 0 Å². The van der Waals surface area contributed by atoms with Crippen molar-refractivity contribution in [2.45, 2.75) is 6.42 Å². The van der Waals surface area contributed by atoms with Crippen molar-refractivity contribution in [2.75, 3.05) is 17.8 Å². The summed E-state index contributed by atoms with van der Waals surface area (Å²) < 4.78 is 29.6. The second-order valence-electron chi connectivity index (χ2n) is 3.03. The number of nitrogens with one attached hydrogen (secondary N) is 1. The van der Waals surface area contributed by atoms with Gasteiger partial charge in [0.05, 0.1) is 0 Å². The Bertz CT molecular complexity index is 416. The molecule has 1 rings (SSSR count). The average Bonchev–Trinajstić information content (AvgIpc) is 2.16. The predicted molar refractivity (Wildman–Crippen MR) is 57.3 cm³/mol. The van der Waals surface area contributed by atoms with Crippen LogP contribution < -0.4 is 5.32 Å². The Hall–Kier alpha value is -1.11. The van der Waals surface area contributed by atoms with E-state index >= 15 is 0 Å². The zero-order valence-corrected chi connectivity index (χ0v) is 8.87. The molecule has 0 aliphatic carbocycles. The minimum atomic E-state index is -4.03. The fraction of sp³-hybridized carbons (Fsp3) is 0.333. The van der Waals surface area contributed by atoms with Crippen molar-refractivity contribution in [3.8, 4) is 0 Å². The van der Waals surface area contributed by atoms with Crippen LogP contribution in [-0.2, 0) is 16.5 Å². The lowest BCUT2D eigenvalue weighted by Gasteiger charge is -2.09. The fourth-order valence-corrected chi connectivity index (χ4v) is 1.54. The van der Waals surface area contributed by atoms with Crippen LogP contribution in [0.1, 0.15) is 5.56 Å². The molecule has 0 bridgehead atoms. The van der Waals surface area contributed by atoms with Gasteiger partial charge in [0, 0.05) is 12.3 Å². The third-order valence-corrected chi connectivity index (χ3v) is 2.35. The summed E-state index contributed by atoms with van der Waals surface area (Å²) in [5, 5.41) is 11.4. The lowest BCUT2D eigenvalue weighted by Crippen LogP contribution is -2.14. The highest BCUT2D eigenvalue weighted by Crippen LogP contribution is 2.15. The number of aliphatic hydroxyl groups excluding tert-OH is 1. The van der Waals surface area contributed by atoms with Gasteiger partial charge >= 0.3 is 0 Å². The maximum absolute atomic E-state index is 10.5. The van der Waals surface area contributed by atoms with Crippen LogP contribution in [0.15, 0.2) is 24.3 Å². The molecule has 1 aromatic carbocycles. The van der Waals surface area contributed by atoms with Gasteiger partial charge in [-0.1, -0.05) is 18.2 Å². The molecular formula is C9H13NO4S. The topological polar surface area (TPSA) is 86.6 Å². The van der Waals surface area contributed by atoms with Crippen molar-refractivity contribution in [1.82, 2.24) is 0 Å². The molecule has 0 amide bonds. The third kappa shape index (κ3) is 4.28. The van der Waals surface area contributed by atoms with Crippen LogP contribution in [0.5, 0.6) is 0 Å². The molecule has 84 valence electrons. The minimum Gasteiger partial charge on any atom is -0.396 e. The fourth-order valence-electron chi connectivity index (χ4n) is 1.20. The molecule has 1 aromatic rings. The lowest BCUT2D eigenvalue weighted by molar-refractivity contribution is 0.300. The Labute approximate surface area is 88.5 Å². The molecule has 0 fully saturated rings. The number of anilines is 1. The van der Waals surface area contributed by atoms with Gasteiger partial charge < -0.3 is 10.4 Å². The van der Waals surface area contributed by atoms with Crippen molar-refractivity contribution in [3.05, 3.63) is 29.8 Å². The average molecular weight is 231 g/mol. The van der Waals surface area contributed by atoms with Crippen molar-refractivity contribution in [1.29, 1.82) is 0 Å².